The van der Waals surface area contributed by atoms with Crippen LogP contribution in [-0.2, 0) is 11.2 Å². The minimum absolute atomic E-state index is 0.190. The third-order valence-electron chi connectivity index (χ3n) is 2.37. The van der Waals surface area contributed by atoms with Gasteiger partial charge in [0.15, 0.2) is 4.46 Å². The van der Waals surface area contributed by atoms with Gasteiger partial charge in [-0.15, -0.1) is 0 Å². The molecule has 1 aromatic carbocycles. The van der Waals surface area contributed by atoms with E-state index >= 15 is 0 Å². The predicted molar refractivity (Wildman–Crippen MR) is 59.6 cm³/mol. The standard InChI is InChI=1S/C10H9Cl2NO2/c11-10(12)5-7-3-1-2-4-8(7)13(10)6-9(14)15/h1-4H,5-6H2,(H,14,15). The molecular weight excluding hydrogens is 237 g/mol. The van der Waals surface area contributed by atoms with Crippen molar-refractivity contribution >= 4 is 34.9 Å². The number of anilines is 1. The second kappa shape index (κ2) is 3.58. The number of hydrogen-bond acceptors (Lipinski definition) is 2. The van der Waals surface area contributed by atoms with E-state index in [0.29, 0.717) is 6.42 Å². The van der Waals surface area contributed by atoms with Crippen molar-refractivity contribution in [3.05, 3.63) is 29.8 Å². The smallest absolute Gasteiger partial charge is 0.323 e. The molecule has 1 aliphatic rings. The second-order valence-electron chi connectivity index (χ2n) is 3.45. The maximum Gasteiger partial charge on any atom is 0.323 e. The first-order valence-corrected chi connectivity index (χ1v) is 5.21. The number of fused-ring (bicyclic) bond motifs is 1. The maximum absolute atomic E-state index is 10.7. The number of alkyl halides is 2. The molecule has 1 aliphatic heterocycles. The lowest BCUT2D eigenvalue weighted by Gasteiger charge is -2.27. The second-order valence-corrected chi connectivity index (χ2v) is 4.90. The van der Waals surface area contributed by atoms with Crippen LogP contribution in [0, 0.1) is 0 Å². The number of benzene rings is 1. The van der Waals surface area contributed by atoms with Gasteiger partial charge in [-0.05, 0) is 11.6 Å². The lowest BCUT2D eigenvalue weighted by molar-refractivity contribution is -0.135. The molecule has 0 saturated heterocycles. The van der Waals surface area contributed by atoms with E-state index in [9.17, 15) is 4.79 Å². The van der Waals surface area contributed by atoms with E-state index in [4.69, 9.17) is 28.3 Å². The molecule has 0 atom stereocenters. The summed E-state index contributed by atoms with van der Waals surface area (Å²) in [6.45, 7) is -0.190. The van der Waals surface area contributed by atoms with E-state index in [0.717, 1.165) is 11.3 Å². The number of halogens is 2. The van der Waals surface area contributed by atoms with E-state index in [1.807, 2.05) is 24.3 Å². The minimum atomic E-state index is -1.15. The van der Waals surface area contributed by atoms with E-state index in [1.165, 1.54) is 4.90 Å². The molecule has 0 aromatic heterocycles. The van der Waals surface area contributed by atoms with Gasteiger partial charge in [-0.3, -0.25) is 4.79 Å². The number of rotatable bonds is 2. The molecular formula is C10H9Cl2NO2. The normalized spacial score (nSPS) is 17.6. The highest BCUT2D eigenvalue weighted by atomic mass is 35.5. The van der Waals surface area contributed by atoms with Crippen LogP contribution in [-0.4, -0.2) is 22.1 Å². The van der Waals surface area contributed by atoms with Gasteiger partial charge in [-0.1, -0.05) is 41.4 Å². The van der Waals surface area contributed by atoms with Crippen molar-refractivity contribution in [2.75, 3.05) is 11.4 Å². The number of nitrogens with zero attached hydrogens (tertiary/aromatic N) is 1. The van der Waals surface area contributed by atoms with Gasteiger partial charge in [0, 0.05) is 12.1 Å². The Hall–Kier alpha value is -0.930. The molecule has 1 heterocycles. The van der Waals surface area contributed by atoms with Crippen LogP contribution in [0.5, 0.6) is 0 Å². The van der Waals surface area contributed by atoms with Crippen molar-refractivity contribution in [3.63, 3.8) is 0 Å². The molecule has 2 rings (SSSR count). The van der Waals surface area contributed by atoms with Gasteiger partial charge in [0.25, 0.3) is 0 Å². The zero-order valence-corrected chi connectivity index (χ0v) is 9.29. The Labute approximate surface area is 97.2 Å². The van der Waals surface area contributed by atoms with Crippen molar-refractivity contribution in [1.29, 1.82) is 0 Å². The van der Waals surface area contributed by atoms with Crippen LogP contribution in [0.25, 0.3) is 0 Å². The molecule has 0 aliphatic carbocycles. The molecule has 80 valence electrons. The van der Waals surface area contributed by atoms with Crippen LogP contribution in [0.2, 0.25) is 0 Å². The Bertz CT molecular complexity index is 406. The van der Waals surface area contributed by atoms with Crippen molar-refractivity contribution in [2.24, 2.45) is 0 Å². The summed E-state index contributed by atoms with van der Waals surface area (Å²) < 4.78 is -1.15. The van der Waals surface area contributed by atoms with Gasteiger partial charge in [0.05, 0.1) is 0 Å². The summed E-state index contributed by atoms with van der Waals surface area (Å²) >= 11 is 12.1. The quantitative estimate of drug-likeness (QED) is 0.642. The topological polar surface area (TPSA) is 40.5 Å². The van der Waals surface area contributed by atoms with Crippen molar-refractivity contribution in [3.8, 4) is 0 Å². The van der Waals surface area contributed by atoms with E-state index in [1.54, 1.807) is 0 Å². The van der Waals surface area contributed by atoms with Gasteiger partial charge >= 0.3 is 5.97 Å². The summed E-state index contributed by atoms with van der Waals surface area (Å²) in [4.78, 5) is 12.2. The molecule has 0 bridgehead atoms. The fourth-order valence-electron chi connectivity index (χ4n) is 1.76. The minimum Gasteiger partial charge on any atom is -0.480 e. The molecule has 0 radical (unpaired) electrons. The lowest BCUT2D eigenvalue weighted by atomic mass is 10.2. The lowest BCUT2D eigenvalue weighted by Crippen LogP contribution is -2.40. The molecule has 0 spiro atoms. The largest absolute Gasteiger partial charge is 0.480 e. The molecule has 0 unspecified atom stereocenters. The fourth-order valence-corrected chi connectivity index (χ4v) is 2.35. The van der Waals surface area contributed by atoms with Gasteiger partial charge in [0.1, 0.15) is 6.54 Å². The number of hydrogen-bond donors (Lipinski definition) is 1. The summed E-state index contributed by atoms with van der Waals surface area (Å²) in [6, 6.07) is 7.44. The Morgan fingerprint density at radius 1 is 1.47 bits per heavy atom. The zero-order chi connectivity index (χ0) is 11.1. The summed E-state index contributed by atoms with van der Waals surface area (Å²) in [7, 11) is 0. The third-order valence-corrected chi connectivity index (χ3v) is 3.05. The van der Waals surface area contributed by atoms with Crippen molar-refractivity contribution < 1.29 is 9.90 Å². The maximum atomic E-state index is 10.7. The van der Waals surface area contributed by atoms with E-state index in [-0.39, 0.29) is 6.54 Å². The van der Waals surface area contributed by atoms with Crippen LogP contribution in [0.3, 0.4) is 0 Å². The molecule has 0 amide bonds. The summed E-state index contributed by atoms with van der Waals surface area (Å²) in [5, 5.41) is 8.77. The Kier molecular flexibility index (Phi) is 2.52. The van der Waals surface area contributed by atoms with E-state index < -0.39 is 10.4 Å². The average molecular weight is 246 g/mol. The highest BCUT2D eigenvalue weighted by molar-refractivity contribution is 6.50. The van der Waals surface area contributed by atoms with Gasteiger partial charge in [0.2, 0.25) is 0 Å². The summed E-state index contributed by atoms with van der Waals surface area (Å²) in [5.41, 5.74) is 1.77. The summed E-state index contributed by atoms with van der Waals surface area (Å²) in [5.74, 6) is -0.947. The number of carboxylic acids is 1. The number of para-hydroxylation sites is 1. The average Bonchev–Trinajstić information content (AvgIpc) is 2.37. The highest BCUT2D eigenvalue weighted by Crippen LogP contribution is 2.43. The molecule has 1 aromatic rings. The molecule has 0 fully saturated rings. The molecule has 3 nitrogen and oxygen atoms in total. The number of aliphatic carboxylic acids is 1. The van der Waals surface area contributed by atoms with Crippen LogP contribution >= 0.6 is 23.2 Å². The van der Waals surface area contributed by atoms with Gasteiger partial charge in [-0.25, -0.2) is 0 Å². The van der Waals surface area contributed by atoms with E-state index in [2.05, 4.69) is 0 Å². The third kappa shape index (κ3) is 1.90. The Morgan fingerprint density at radius 3 is 2.80 bits per heavy atom. The molecule has 1 N–H and O–H groups in total. The van der Waals surface area contributed by atoms with Crippen LogP contribution in [0.15, 0.2) is 24.3 Å². The fraction of sp³-hybridized carbons (Fsp3) is 0.300. The number of carboxylic acid groups (broad SMARTS) is 1. The van der Waals surface area contributed by atoms with Gasteiger partial charge in [-0.2, -0.15) is 0 Å². The zero-order valence-electron chi connectivity index (χ0n) is 7.78. The molecule has 0 saturated carbocycles. The molecule has 5 heteroatoms. The first kappa shape index (κ1) is 10.6. The summed E-state index contributed by atoms with van der Waals surface area (Å²) in [6.07, 6.45) is 0.444. The predicted octanol–water partition coefficient (Wildman–Crippen LogP) is 2.27. The molecule has 15 heavy (non-hydrogen) atoms. The Morgan fingerprint density at radius 2 is 2.13 bits per heavy atom. The highest BCUT2D eigenvalue weighted by Gasteiger charge is 2.41. The van der Waals surface area contributed by atoms with Crippen molar-refractivity contribution in [2.45, 2.75) is 10.9 Å². The number of carbonyl (C=O) groups is 1. The van der Waals surface area contributed by atoms with Crippen LogP contribution < -0.4 is 4.90 Å². The monoisotopic (exact) mass is 245 g/mol. The Balaban J connectivity index is 2.38. The van der Waals surface area contributed by atoms with Crippen LogP contribution in [0.4, 0.5) is 5.69 Å². The first-order chi connectivity index (χ1) is 7.00. The SMILES string of the molecule is O=C(O)CN1c2ccccc2CC1(Cl)Cl. The van der Waals surface area contributed by atoms with Gasteiger partial charge < -0.3 is 10.0 Å². The van der Waals surface area contributed by atoms with Crippen molar-refractivity contribution in [1.82, 2.24) is 0 Å². The first-order valence-electron chi connectivity index (χ1n) is 4.46. The van der Waals surface area contributed by atoms with Crippen LogP contribution in [0.1, 0.15) is 5.56 Å².